The Morgan fingerprint density at radius 3 is 2.57 bits per heavy atom. The molecule has 0 fully saturated rings. The third-order valence-electron chi connectivity index (χ3n) is 2.68. The first-order valence-corrected chi connectivity index (χ1v) is 6.60. The Morgan fingerprint density at radius 1 is 1.24 bits per heavy atom. The number of hydrogen-bond donors (Lipinski definition) is 0. The van der Waals surface area contributed by atoms with E-state index in [1.54, 1.807) is 0 Å². The summed E-state index contributed by atoms with van der Waals surface area (Å²) in [5.74, 6) is -1.24. The number of rotatable bonds is 4. The van der Waals surface area contributed by atoms with Gasteiger partial charge in [-0.05, 0) is 37.3 Å². The molecule has 0 unspecified atom stereocenters. The van der Waals surface area contributed by atoms with E-state index in [2.05, 4.69) is 15.9 Å². The van der Waals surface area contributed by atoms with E-state index >= 15 is 0 Å². The van der Waals surface area contributed by atoms with Gasteiger partial charge in [-0.3, -0.25) is 14.9 Å². The lowest BCUT2D eigenvalue weighted by Gasteiger charge is -2.08. The lowest BCUT2D eigenvalue weighted by molar-refractivity contribution is -0.385. The first-order valence-electron chi connectivity index (χ1n) is 5.81. The Hall–Kier alpha value is -2.28. The normalized spacial score (nSPS) is 10.2. The highest BCUT2D eigenvalue weighted by atomic mass is 79.9. The van der Waals surface area contributed by atoms with Crippen LogP contribution < -0.4 is 4.74 Å². The topological polar surface area (TPSA) is 69.4 Å². The molecule has 0 aromatic heterocycles. The monoisotopic (exact) mass is 353 g/mol. The molecule has 0 amide bonds. The van der Waals surface area contributed by atoms with Crippen molar-refractivity contribution in [3.63, 3.8) is 0 Å². The van der Waals surface area contributed by atoms with Crippen molar-refractivity contribution >= 4 is 27.4 Å². The zero-order valence-corrected chi connectivity index (χ0v) is 12.4. The number of carbonyl (C=O) groups excluding carboxylic acids is 1. The molecule has 0 radical (unpaired) electrons. The summed E-state index contributed by atoms with van der Waals surface area (Å²) in [4.78, 5) is 21.6. The molecule has 0 spiro atoms. The largest absolute Gasteiger partial charge is 0.447 e. The minimum Gasteiger partial charge on any atom is -0.447 e. The maximum Gasteiger partial charge on any atom is 0.312 e. The fourth-order valence-corrected chi connectivity index (χ4v) is 1.98. The van der Waals surface area contributed by atoms with Gasteiger partial charge in [-0.15, -0.1) is 0 Å². The Bertz CT molecular complexity index is 733. The molecule has 0 saturated heterocycles. The van der Waals surface area contributed by atoms with Crippen molar-refractivity contribution in [2.75, 3.05) is 0 Å². The molecular weight excluding hydrogens is 345 g/mol. The van der Waals surface area contributed by atoms with E-state index in [0.29, 0.717) is 4.47 Å². The molecule has 0 bridgehead atoms. The predicted molar refractivity (Wildman–Crippen MR) is 77.3 cm³/mol. The van der Waals surface area contributed by atoms with Crippen LogP contribution in [0.2, 0.25) is 0 Å². The molecule has 0 aliphatic heterocycles. The number of carbonyl (C=O) groups is 1. The summed E-state index contributed by atoms with van der Waals surface area (Å²) in [7, 11) is 0. The lowest BCUT2D eigenvalue weighted by Crippen LogP contribution is -1.98. The number of ketones is 1. The smallest absolute Gasteiger partial charge is 0.312 e. The van der Waals surface area contributed by atoms with E-state index in [-0.39, 0.29) is 22.8 Å². The Balaban J connectivity index is 2.46. The maximum atomic E-state index is 13.6. The fourth-order valence-electron chi connectivity index (χ4n) is 1.64. The number of Topliss-reactive ketones (excluding diaryl/α,β-unsaturated/α-hetero) is 1. The van der Waals surface area contributed by atoms with Gasteiger partial charge in [0, 0.05) is 16.1 Å². The molecule has 5 nitrogen and oxygen atoms in total. The summed E-state index contributed by atoms with van der Waals surface area (Å²) >= 11 is 3.16. The van der Waals surface area contributed by atoms with Crippen LogP contribution in [0.1, 0.15) is 17.3 Å². The van der Waals surface area contributed by atoms with Crippen LogP contribution in [-0.2, 0) is 0 Å². The summed E-state index contributed by atoms with van der Waals surface area (Å²) in [6, 6.07) is 7.78. The van der Waals surface area contributed by atoms with E-state index in [1.807, 2.05) is 0 Å². The molecule has 0 aliphatic rings. The van der Waals surface area contributed by atoms with Gasteiger partial charge >= 0.3 is 5.69 Å². The third-order valence-corrected chi connectivity index (χ3v) is 3.17. The summed E-state index contributed by atoms with van der Waals surface area (Å²) in [6.07, 6.45) is 0. The number of nitrogens with zero attached hydrogens (tertiary/aromatic N) is 1. The van der Waals surface area contributed by atoms with Gasteiger partial charge in [-0.2, -0.15) is 0 Å². The quantitative estimate of drug-likeness (QED) is 0.461. The second kappa shape index (κ2) is 6.01. The van der Waals surface area contributed by atoms with E-state index in [4.69, 9.17) is 4.74 Å². The number of benzene rings is 2. The molecule has 0 N–H and O–H groups in total. The van der Waals surface area contributed by atoms with Crippen molar-refractivity contribution in [1.29, 1.82) is 0 Å². The molecule has 0 heterocycles. The minimum absolute atomic E-state index is 0.137. The summed E-state index contributed by atoms with van der Waals surface area (Å²) in [5, 5.41) is 11.0. The fraction of sp³-hybridized carbons (Fsp3) is 0.0714. The average Bonchev–Trinajstić information content (AvgIpc) is 2.42. The molecule has 0 atom stereocenters. The molecule has 0 saturated carbocycles. The van der Waals surface area contributed by atoms with Crippen molar-refractivity contribution in [3.8, 4) is 11.5 Å². The van der Waals surface area contributed by atoms with Crippen LogP contribution in [0, 0.1) is 15.9 Å². The van der Waals surface area contributed by atoms with Crippen molar-refractivity contribution in [1.82, 2.24) is 0 Å². The molecule has 2 aromatic carbocycles. The predicted octanol–water partition coefficient (Wildman–Crippen LogP) is 4.49. The molecule has 2 rings (SSSR count). The van der Waals surface area contributed by atoms with Crippen LogP contribution in [-0.4, -0.2) is 10.7 Å². The second-order valence-corrected chi connectivity index (χ2v) is 5.09. The van der Waals surface area contributed by atoms with Gasteiger partial charge in [-0.25, -0.2) is 4.39 Å². The molecule has 2 aromatic rings. The molecular formula is C14H9BrFNO4. The van der Waals surface area contributed by atoms with Gasteiger partial charge < -0.3 is 4.74 Å². The van der Waals surface area contributed by atoms with Crippen LogP contribution in [0.4, 0.5) is 10.1 Å². The molecule has 21 heavy (non-hydrogen) atoms. The SMILES string of the molecule is CC(=O)c1ccc(Oc2cc(Br)ccc2F)c([N+](=O)[O-])c1. The minimum atomic E-state index is -0.683. The number of ether oxygens (including phenoxy) is 1. The highest BCUT2D eigenvalue weighted by molar-refractivity contribution is 9.10. The summed E-state index contributed by atoms with van der Waals surface area (Å²) in [5.41, 5.74) is -0.217. The van der Waals surface area contributed by atoms with Gasteiger partial charge in [0.1, 0.15) is 0 Å². The number of nitro groups is 1. The van der Waals surface area contributed by atoms with Crippen LogP contribution in [0.5, 0.6) is 11.5 Å². The van der Waals surface area contributed by atoms with E-state index < -0.39 is 16.4 Å². The van der Waals surface area contributed by atoms with Gasteiger partial charge in [0.05, 0.1) is 4.92 Å². The Kier molecular flexibility index (Phi) is 4.32. The summed E-state index contributed by atoms with van der Waals surface area (Å²) in [6.45, 7) is 1.30. The average molecular weight is 354 g/mol. The first-order chi connectivity index (χ1) is 9.88. The van der Waals surface area contributed by atoms with Crippen LogP contribution in [0.15, 0.2) is 40.9 Å². The van der Waals surface area contributed by atoms with E-state index in [1.165, 1.54) is 37.3 Å². The van der Waals surface area contributed by atoms with Crippen molar-refractivity contribution in [3.05, 3.63) is 62.4 Å². The Morgan fingerprint density at radius 2 is 1.95 bits per heavy atom. The van der Waals surface area contributed by atoms with Gasteiger partial charge in [0.15, 0.2) is 17.3 Å². The first kappa shape index (κ1) is 15.1. The van der Waals surface area contributed by atoms with Gasteiger partial charge in [0.2, 0.25) is 5.75 Å². The molecule has 7 heteroatoms. The van der Waals surface area contributed by atoms with E-state index in [9.17, 15) is 19.3 Å². The van der Waals surface area contributed by atoms with E-state index in [0.717, 1.165) is 6.07 Å². The number of halogens is 2. The van der Waals surface area contributed by atoms with Crippen molar-refractivity contribution in [2.45, 2.75) is 6.92 Å². The van der Waals surface area contributed by atoms with Crippen LogP contribution in [0.25, 0.3) is 0 Å². The van der Waals surface area contributed by atoms with Crippen LogP contribution in [0.3, 0.4) is 0 Å². The zero-order chi connectivity index (χ0) is 15.6. The lowest BCUT2D eigenvalue weighted by atomic mass is 10.1. The summed E-state index contributed by atoms with van der Waals surface area (Å²) < 4.78 is 19.5. The van der Waals surface area contributed by atoms with Crippen LogP contribution >= 0.6 is 15.9 Å². The number of hydrogen-bond acceptors (Lipinski definition) is 4. The maximum absolute atomic E-state index is 13.6. The zero-order valence-electron chi connectivity index (χ0n) is 10.8. The second-order valence-electron chi connectivity index (χ2n) is 4.17. The molecule has 0 aliphatic carbocycles. The van der Waals surface area contributed by atoms with Gasteiger partial charge in [-0.1, -0.05) is 15.9 Å². The highest BCUT2D eigenvalue weighted by Gasteiger charge is 2.19. The highest BCUT2D eigenvalue weighted by Crippen LogP contribution is 2.34. The standard InChI is InChI=1S/C14H9BrFNO4/c1-8(18)9-2-5-13(12(6-9)17(19)20)21-14-7-10(15)3-4-11(14)16/h2-7H,1H3. The van der Waals surface area contributed by atoms with Crippen molar-refractivity contribution in [2.24, 2.45) is 0 Å². The van der Waals surface area contributed by atoms with Gasteiger partial charge in [0.25, 0.3) is 0 Å². The Labute approximate surface area is 127 Å². The van der Waals surface area contributed by atoms with Crippen molar-refractivity contribution < 1.29 is 18.8 Å². The number of nitro benzene ring substituents is 1. The molecule has 108 valence electrons. The third kappa shape index (κ3) is 3.43.